The van der Waals surface area contributed by atoms with Gasteiger partial charge >= 0.3 is 45.7 Å². The summed E-state index contributed by atoms with van der Waals surface area (Å²) in [6, 6.07) is 0. The molecule has 0 saturated heterocycles. The fourth-order valence-corrected chi connectivity index (χ4v) is 0. The van der Waals surface area contributed by atoms with Gasteiger partial charge in [0.25, 0.3) is 0 Å². The van der Waals surface area contributed by atoms with Crippen molar-refractivity contribution in [3.8, 4) is 0 Å². The molecule has 0 aliphatic carbocycles. The summed E-state index contributed by atoms with van der Waals surface area (Å²) in [6.07, 6.45) is 0. The third kappa shape index (κ3) is 493. The monoisotopic (exact) mass is 170 g/mol. The van der Waals surface area contributed by atoms with Crippen LogP contribution in [0, 0.1) is 0 Å². The quantitative estimate of drug-likeness (QED) is 0.489. The molecular formula is C6H18Se. The molecule has 0 atom stereocenters. The third-order valence-electron chi connectivity index (χ3n) is 0. The maximum atomic E-state index is 2.40. The van der Waals surface area contributed by atoms with E-state index in [1.54, 1.807) is 0 Å². The summed E-state index contributed by atoms with van der Waals surface area (Å²) in [5.41, 5.74) is 0. The van der Waals surface area contributed by atoms with Crippen LogP contribution < -0.4 is 0 Å². The van der Waals surface area contributed by atoms with E-state index in [4.69, 9.17) is 0 Å². The zero-order valence-corrected chi connectivity index (χ0v) is 8.12. The van der Waals surface area contributed by atoms with Gasteiger partial charge in [0.2, 0.25) is 0 Å². The molecule has 0 heterocycles. The van der Waals surface area contributed by atoms with E-state index >= 15 is 0 Å². The van der Waals surface area contributed by atoms with Crippen LogP contribution in [0.5, 0.6) is 0 Å². The molecule has 0 fully saturated rings. The van der Waals surface area contributed by atoms with E-state index in [2.05, 4.69) is 34.9 Å². The summed E-state index contributed by atoms with van der Waals surface area (Å²) >= 11 is 0. The van der Waals surface area contributed by atoms with E-state index in [0.717, 1.165) is 0 Å². The molecule has 0 amide bonds. The first-order chi connectivity index (χ1) is 2.45. The molecule has 0 nitrogen and oxygen atoms in total. The van der Waals surface area contributed by atoms with E-state index in [1.165, 1.54) is 0 Å². The van der Waals surface area contributed by atoms with Crippen LogP contribution in [0.3, 0.4) is 0 Å². The molecule has 0 unspecified atom stereocenters. The average Bonchev–Trinajstić information content (AvgIpc) is 0.592. The molecule has 0 radical (unpaired) electrons. The Hall–Kier alpha value is 0.519. The van der Waals surface area contributed by atoms with Crippen LogP contribution in [-0.4, -0.2) is 10.7 Å². The predicted molar refractivity (Wildman–Crippen MR) is 40.9 cm³/mol. The van der Waals surface area contributed by atoms with Gasteiger partial charge in [-0.15, -0.1) is 0 Å². The second-order valence-electron chi connectivity index (χ2n) is 6.12. The summed E-state index contributed by atoms with van der Waals surface area (Å²) in [6.45, 7) is 0. The summed E-state index contributed by atoms with van der Waals surface area (Å²) in [4.78, 5) is 0. The van der Waals surface area contributed by atoms with Crippen molar-refractivity contribution in [2.24, 2.45) is 0 Å². The van der Waals surface area contributed by atoms with Crippen LogP contribution >= 0.6 is 0 Å². The van der Waals surface area contributed by atoms with Gasteiger partial charge < -0.3 is 0 Å². The fraction of sp³-hybridized carbons (Fsp3) is 1.00. The minimum absolute atomic E-state index is 1.96. The van der Waals surface area contributed by atoms with Crippen LogP contribution in [0.4, 0.5) is 0 Å². The molecule has 0 aliphatic heterocycles. The topological polar surface area (TPSA) is 0 Å². The van der Waals surface area contributed by atoms with E-state index in [-0.39, 0.29) is 0 Å². The Morgan fingerprint density at radius 1 is 0.571 bits per heavy atom. The van der Waals surface area contributed by atoms with Crippen molar-refractivity contribution < 1.29 is 0 Å². The Balaban J connectivity index is 4.43. The van der Waals surface area contributed by atoms with E-state index in [0.29, 0.717) is 0 Å². The van der Waals surface area contributed by atoms with Gasteiger partial charge in [-0.3, -0.25) is 0 Å². The normalized spacial score (nSPS) is 23.1. The second kappa shape index (κ2) is 0.825. The molecule has 0 rings (SSSR count). The molecule has 0 aromatic heterocycles. The van der Waals surface area contributed by atoms with Crippen LogP contribution in [-0.2, 0) is 0 Å². The molecule has 0 aliphatic rings. The molecule has 0 bridgehead atoms. The second-order valence-corrected chi connectivity index (χ2v) is 31.8. The van der Waals surface area contributed by atoms with Gasteiger partial charge in [0.05, 0.1) is 0 Å². The Morgan fingerprint density at radius 2 is 0.571 bits per heavy atom. The van der Waals surface area contributed by atoms with E-state index in [9.17, 15) is 0 Å². The van der Waals surface area contributed by atoms with Gasteiger partial charge in [-0.05, 0) is 0 Å². The Kier molecular flexibility index (Phi) is 0.886. The molecule has 48 valence electrons. The standard InChI is InChI=1S/C6H18Se/c1-7(2,3,4,5)6/h1-6H3. The third-order valence-corrected chi connectivity index (χ3v) is 0. The summed E-state index contributed by atoms with van der Waals surface area (Å²) in [7, 11) is -1.96. The molecule has 0 aromatic carbocycles. The maximum absolute atomic E-state index is 2.40. The number of rotatable bonds is 0. The zero-order valence-electron chi connectivity index (χ0n) is 6.41. The molecule has 0 spiro atoms. The van der Waals surface area contributed by atoms with Crippen LogP contribution in [0.15, 0.2) is 0 Å². The molecule has 0 aromatic rings. The summed E-state index contributed by atoms with van der Waals surface area (Å²) < 4.78 is 0. The van der Waals surface area contributed by atoms with Crippen LogP contribution in [0.1, 0.15) is 0 Å². The number of hydrogen-bond donors (Lipinski definition) is 0. The molecule has 0 N–H and O–H groups in total. The minimum atomic E-state index is -1.96. The Morgan fingerprint density at radius 3 is 0.571 bits per heavy atom. The van der Waals surface area contributed by atoms with Gasteiger partial charge in [-0.2, -0.15) is 0 Å². The van der Waals surface area contributed by atoms with E-state index < -0.39 is 10.7 Å². The average molecular weight is 169 g/mol. The van der Waals surface area contributed by atoms with Gasteiger partial charge in [0, 0.05) is 0 Å². The van der Waals surface area contributed by atoms with Gasteiger partial charge in [0.15, 0.2) is 0 Å². The fourth-order valence-electron chi connectivity index (χ4n) is 0. The molecular weight excluding hydrogens is 151 g/mol. The molecule has 0 saturated carbocycles. The molecule has 7 heavy (non-hydrogen) atoms. The first-order valence-corrected chi connectivity index (χ1v) is 12.7. The number of hydrogen-bond acceptors (Lipinski definition) is 0. The van der Waals surface area contributed by atoms with Crippen molar-refractivity contribution in [1.82, 2.24) is 0 Å². The Labute approximate surface area is 46.2 Å². The summed E-state index contributed by atoms with van der Waals surface area (Å²) in [5.74, 6) is 14.4. The van der Waals surface area contributed by atoms with Crippen molar-refractivity contribution in [3.63, 3.8) is 0 Å². The van der Waals surface area contributed by atoms with Crippen molar-refractivity contribution in [3.05, 3.63) is 0 Å². The Bertz CT molecular complexity index is 62.7. The van der Waals surface area contributed by atoms with Crippen LogP contribution in [0.2, 0.25) is 34.9 Å². The van der Waals surface area contributed by atoms with E-state index in [1.807, 2.05) is 0 Å². The predicted octanol–water partition coefficient (Wildman–Crippen LogP) is 3.12. The SMILES string of the molecule is C[Se](C)(C)(C)(C)C. The van der Waals surface area contributed by atoms with Crippen molar-refractivity contribution in [2.75, 3.05) is 0 Å². The van der Waals surface area contributed by atoms with Crippen LogP contribution in [0.25, 0.3) is 0 Å². The first-order valence-electron chi connectivity index (χ1n) is 2.45. The van der Waals surface area contributed by atoms with Crippen molar-refractivity contribution >= 4 is 10.7 Å². The summed E-state index contributed by atoms with van der Waals surface area (Å²) in [5, 5.41) is 0. The first kappa shape index (κ1) is 7.52. The zero-order chi connectivity index (χ0) is 6.41. The van der Waals surface area contributed by atoms with Gasteiger partial charge in [-0.1, -0.05) is 0 Å². The van der Waals surface area contributed by atoms with Gasteiger partial charge in [-0.25, -0.2) is 0 Å². The van der Waals surface area contributed by atoms with Crippen molar-refractivity contribution in [2.45, 2.75) is 34.9 Å². The van der Waals surface area contributed by atoms with Crippen molar-refractivity contribution in [1.29, 1.82) is 0 Å². The van der Waals surface area contributed by atoms with Gasteiger partial charge in [0.1, 0.15) is 0 Å². The molecule has 1 heteroatoms.